The van der Waals surface area contributed by atoms with Crippen molar-refractivity contribution >= 4 is 141 Å². The van der Waals surface area contributed by atoms with E-state index in [2.05, 4.69) is 52.6 Å². The van der Waals surface area contributed by atoms with Crippen LogP contribution in [-0.4, -0.2) is 92.7 Å². The number of thioether (sulfide) groups is 8. The second kappa shape index (κ2) is 22.8. The van der Waals surface area contributed by atoms with Crippen molar-refractivity contribution in [3.63, 3.8) is 0 Å². The SMILES string of the molecule is C=CCSC1=C(SCC=C)C2=NC3=NC(=NC4=NC(=NC5=NC(=NC1=N2)C(SCC=C)=C5SCC=C)C(SCC=C)=C4SCC=C)C(SCC=C)=C3SCC=C. The Labute approximate surface area is 364 Å². The van der Waals surface area contributed by atoms with E-state index >= 15 is 0 Å². The first-order valence-corrected chi connectivity index (χ1v) is 24.9. The lowest BCUT2D eigenvalue weighted by Crippen LogP contribution is -2.02. The number of amidine groups is 8. The molecule has 5 heterocycles. The number of rotatable bonds is 24. The van der Waals surface area contributed by atoms with Gasteiger partial charge < -0.3 is 0 Å². The second-order valence-corrected chi connectivity index (χ2v) is 19.2. The van der Waals surface area contributed by atoms with Gasteiger partial charge in [-0.3, -0.25) is 0 Å². The summed E-state index contributed by atoms with van der Waals surface area (Å²) in [6, 6.07) is 0. The van der Waals surface area contributed by atoms with Gasteiger partial charge in [-0.05, 0) is 0 Å². The molecule has 5 aliphatic rings. The minimum Gasteiger partial charge on any atom is -0.207 e. The van der Waals surface area contributed by atoms with Crippen molar-refractivity contribution < 1.29 is 0 Å². The van der Waals surface area contributed by atoms with Crippen LogP contribution in [0.2, 0.25) is 0 Å². The first-order valence-electron chi connectivity index (χ1n) is 17.1. The molecule has 0 unspecified atom stereocenters. The summed E-state index contributed by atoms with van der Waals surface area (Å²) < 4.78 is 0. The molecule has 0 aromatic carbocycles. The van der Waals surface area contributed by atoms with Gasteiger partial charge in [-0.1, -0.05) is 48.6 Å². The minimum absolute atomic E-state index is 0.510. The van der Waals surface area contributed by atoms with Gasteiger partial charge in [0.2, 0.25) is 0 Å². The van der Waals surface area contributed by atoms with E-state index in [0.29, 0.717) is 92.7 Å². The van der Waals surface area contributed by atoms with E-state index in [4.69, 9.17) is 39.9 Å². The number of nitrogens with zero attached hydrogens (tertiary/aromatic N) is 8. The molecule has 5 rings (SSSR count). The van der Waals surface area contributed by atoms with Crippen molar-refractivity contribution in [1.29, 1.82) is 0 Å². The maximum absolute atomic E-state index is 5.22. The zero-order valence-electron chi connectivity index (χ0n) is 30.8. The highest BCUT2D eigenvalue weighted by Crippen LogP contribution is 2.43. The Kier molecular flexibility index (Phi) is 18.0. The topological polar surface area (TPSA) is 98.9 Å². The molecule has 0 saturated carbocycles. The third-order valence-electron chi connectivity index (χ3n) is 6.91. The van der Waals surface area contributed by atoms with E-state index in [0.717, 1.165) is 39.2 Å². The molecule has 0 spiro atoms. The van der Waals surface area contributed by atoms with Crippen LogP contribution >= 0.6 is 94.1 Å². The molecule has 0 N–H and O–H groups in total. The maximum Gasteiger partial charge on any atom is 0.171 e. The summed E-state index contributed by atoms with van der Waals surface area (Å²) in [7, 11) is 0. The van der Waals surface area contributed by atoms with Crippen molar-refractivity contribution in [2.45, 2.75) is 0 Å². The molecule has 0 fully saturated rings. The Morgan fingerprint density at radius 1 is 0.232 bits per heavy atom. The summed E-state index contributed by atoms with van der Waals surface area (Å²) in [5.74, 6) is 9.24. The highest BCUT2D eigenvalue weighted by atomic mass is 32.2. The van der Waals surface area contributed by atoms with Crippen LogP contribution < -0.4 is 0 Å². The Morgan fingerprint density at radius 3 is 0.429 bits per heavy atom. The van der Waals surface area contributed by atoms with Crippen molar-refractivity contribution in [2.24, 2.45) is 39.9 Å². The fraction of sp³-hybridized carbons (Fsp3) is 0.200. The van der Waals surface area contributed by atoms with E-state index < -0.39 is 0 Å². The molecule has 0 atom stereocenters. The smallest absolute Gasteiger partial charge is 0.171 e. The lowest BCUT2D eigenvalue weighted by atomic mass is 10.4. The van der Waals surface area contributed by atoms with Crippen LogP contribution in [0.15, 0.2) is 180 Å². The fourth-order valence-electron chi connectivity index (χ4n) is 4.81. The molecule has 56 heavy (non-hydrogen) atoms. The van der Waals surface area contributed by atoms with Crippen molar-refractivity contribution in [3.05, 3.63) is 140 Å². The van der Waals surface area contributed by atoms with Crippen LogP contribution in [0.25, 0.3) is 0 Å². The Hall–Kier alpha value is -2.96. The van der Waals surface area contributed by atoms with Crippen LogP contribution in [0.4, 0.5) is 0 Å². The summed E-state index contributed by atoms with van der Waals surface area (Å²) in [6.45, 7) is 31.9. The summed E-state index contributed by atoms with van der Waals surface area (Å²) in [6.07, 6.45) is 14.9. The molecule has 0 aromatic rings. The standard InChI is InChI=1S/C40H40N8S8/c1-9-17-49-25-26(50-18-10-2)34-41-33(25)45-35-27(51-19-11-3)28(52-20-12-4)37(42-35)47-39-31(55-23-15-7)32(56-24-16-8)40(44-39)48-38-30(54-22-14-6)29(53-21-13-5)36(43-38)46-34/h9-16H,1-8,17-24H2. The highest BCUT2D eigenvalue weighted by molar-refractivity contribution is 8.09. The van der Waals surface area contributed by atoms with Gasteiger partial charge in [-0.15, -0.1) is 147 Å². The first kappa shape index (κ1) is 44.1. The lowest BCUT2D eigenvalue weighted by Gasteiger charge is -2.08. The molecule has 16 heteroatoms. The lowest BCUT2D eigenvalue weighted by molar-refractivity contribution is 1.50. The van der Waals surface area contributed by atoms with E-state index in [9.17, 15) is 0 Å². The average molecular weight is 889 g/mol. The van der Waals surface area contributed by atoms with Crippen LogP contribution in [0.3, 0.4) is 0 Å². The zero-order chi connectivity index (χ0) is 39.9. The van der Waals surface area contributed by atoms with Crippen LogP contribution in [0, 0.1) is 0 Å². The molecule has 8 nitrogen and oxygen atoms in total. The van der Waals surface area contributed by atoms with Gasteiger partial charge in [0.1, 0.15) is 0 Å². The van der Waals surface area contributed by atoms with Crippen molar-refractivity contribution in [1.82, 2.24) is 0 Å². The van der Waals surface area contributed by atoms with Gasteiger partial charge in [0.05, 0.1) is 39.2 Å². The summed E-state index contributed by atoms with van der Waals surface area (Å²) in [4.78, 5) is 48.4. The summed E-state index contributed by atoms with van der Waals surface area (Å²) in [5, 5.41) is 0. The third kappa shape index (κ3) is 10.7. The Bertz CT molecular complexity index is 1790. The van der Waals surface area contributed by atoms with Gasteiger partial charge in [-0.25, -0.2) is 39.9 Å². The predicted molar refractivity (Wildman–Crippen MR) is 269 cm³/mol. The van der Waals surface area contributed by atoms with Gasteiger partial charge in [0.25, 0.3) is 0 Å². The molecule has 8 bridgehead atoms. The van der Waals surface area contributed by atoms with Crippen LogP contribution in [0.1, 0.15) is 0 Å². The molecular formula is C40H40N8S8. The highest BCUT2D eigenvalue weighted by Gasteiger charge is 2.35. The minimum atomic E-state index is 0.510. The van der Waals surface area contributed by atoms with E-state index in [1.54, 1.807) is 94.1 Å². The van der Waals surface area contributed by atoms with Gasteiger partial charge in [-0.2, -0.15) is 0 Å². The molecule has 0 radical (unpaired) electrons. The largest absolute Gasteiger partial charge is 0.207 e. The normalized spacial score (nSPS) is 17.4. The fourth-order valence-corrected chi connectivity index (χ4v) is 12.0. The quantitative estimate of drug-likeness (QED) is 0.0884. The molecule has 5 aliphatic heterocycles. The number of hydrogen-bond acceptors (Lipinski definition) is 16. The Morgan fingerprint density at radius 2 is 0.339 bits per heavy atom. The summed E-state index contributed by atoms with van der Waals surface area (Å²) >= 11 is 12.9. The molecular weight excluding hydrogens is 849 g/mol. The van der Waals surface area contributed by atoms with E-state index in [1.807, 2.05) is 48.6 Å². The summed E-state index contributed by atoms with van der Waals surface area (Å²) in [5.41, 5.74) is 0. The molecule has 288 valence electrons. The number of hydrogen-bond donors (Lipinski definition) is 0. The molecule has 0 aromatic heterocycles. The first-order chi connectivity index (χ1) is 27.5. The maximum atomic E-state index is 5.22. The molecule has 0 amide bonds. The monoisotopic (exact) mass is 888 g/mol. The van der Waals surface area contributed by atoms with Crippen LogP contribution in [-0.2, 0) is 0 Å². The molecule has 0 aliphatic carbocycles. The Balaban J connectivity index is 1.90. The zero-order valence-corrected chi connectivity index (χ0v) is 37.3. The molecule has 0 saturated heterocycles. The van der Waals surface area contributed by atoms with Crippen LogP contribution in [0.5, 0.6) is 0 Å². The third-order valence-corrected chi connectivity index (χ3v) is 16.0. The van der Waals surface area contributed by atoms with Gasteiger partial charge in [0, 0.05) is 46.0 Å². The van der Waals surface area contributed by atoms with Gasteiger partial charge >= 0.3 is 0 Å². The van der Waals surface area contributed by atoms with Gasteiger partial charge in [0.15, 0.2) is 46.7 Å². The predicted octanol–water partition coefficient (Wildman–Crippen LogP) is 11.4. The number of fused-ring (bicyclic) bond motifs is 4. The average Bonchev–Trinajstić information content (AvgIpc) is 3.90. The van der Waals surface area contributed by atoms with Crippen molar-refractivity contribution in [3.8, 4) is 0 Å². The van der Waals surface area contributed by atoms with E-state index in [1.165, 1.54) is 0 Å². The second-order valence-electron chi connectivity index (χ2n) is 10.9. The number of aliphatic imine (C=N–C) groups is 8. The van der Waals surface area contributed by atoms with Crippen molar-refractivity contribution in [2.75, 3.05) is 46.0 Å². The van der Waals surface area contributed by atoms with E-state index in [-0.39, 0.29) is 0 Å².